The SMILES string of the molecule is Cc1ccc(C2(N)CCCC(CC(C)C)C2)c(C)c1. The van der Waals surface area contributed by atoms with Crippen LogP contribution in [0, 0.1) is 25.7 Å². The molecule has 0 radical (unpaired) electrons. The highest BCUT2D eigenvalue weighted by Crippen LogP contribution is 2.41. The van der Waals surface area contributed by atoms with Gasteiger partial charge < -0.3 is 5.73 Å². The van der Waals surface area contributed by atoms with Crippen LogP contribution in [0.1, 0.15) is 62.6 Å². The summed E-state index contributed by atoms with van der Waals surface area (Å²) in [4.78, 5) is 0. The van der Waals surface area contributed by atoms with Crippen LogP contribution in [0.4, 0.5) is 0 Å². The van der Waals surface area contributed by atoms with Crippen molar-refractivity contribution in [3.63, 3.8) is 0 Å². The van der Waals surface area contributed by atoms with E-state index in [1.54, 1.807) is 0 Å². The summed E-state index contributed by atoms with van der Waals surface area (Å²) < 4.78 is 0. The van der Waals surface area contributed by atoms with Crippen molar-refractivity contribution in [1.29, 1.82) is 0 Å². The first-order chi connectivity index (χ1) is 8.90. The highest BCUT2D eigenvalue weighted by Gasteiger charge is 2.35. The van der Waals surface area contributed by atoms with Crippen LogP contribution in [0.2, 0.25) is 0 Å². The van der Waals surface area contributed by atoms with Crippen molar-refractivity contribution < 1.29 is 0 Å². The van der Waals surface area contributed by atoms with E-state index in [0.717, 1.165) is 24.7 Å². The van der Waals surface area contributed by atoms with Crippen molar-refractivity contribution in [2.75, 3.05) is 0 Å². The lowest BCUT2D eigenvalue weighted by molar-refractivity contribution is 0.202. The first kappa shape index (κ1) is 14.6. The van der Waals surface area contributed by atoms with Gasteiger partial charge in [-0.15, -0.1) is 0 Å². The van der Waals surface area contributed by atoms with Crippen molar-refractivity contribution in [1.82, 2.24) is 0 Å². The average molecular weight is 259 g/mol. The highest BCUT2D eigenvalue weighted by atomic mass is 14.8. The molecule has 0 heterocycles. The molecule has 19 heavy (non-hydrogen) atoms. The van der Waals surface area contributed by atoms with Gasteiger partial charge in [0.25, 0.3) is 0 Å². The van der Waals surface area contributed by atoms with E-state index in [-0.39, 0.29) is 5.54 Å². The smallest absolute Gasteiger partial charge is 0.0414 e. The van der Waals surface area contributed by atoms with Crippen molar-refractivity contribution >= 4 is 0 Å². The maximum Gasteiger partial charge on any atom is 0.0414 e. The fourth-order valence-electron chi connectivity index (χ4n) is 3.91. The number of benzene rings is 1. The zero-order valence-corrected chi connectivity index (χ0v) is 13.0. The summed E-state index contributed by atoms with van der Waals surface area (Å²) >= 11 is 0. The maximum absolute atomic E-state index is 6.80. The number of rotatable bonds is 3. The topological polar surface area (TPSA) is 26.0 Å². The minimum Gasteiger partial charge on any atom is -0.321 e. The van der Waals surface area contributed by atoms with E-state index in [1.165, 1.54) is 36.0 Å². The van der Waals surface area contributed by atoms with Gasteiger partial charge in [-0.25, -0.2) is 0 Å². The van der Waals surface area contributed by atoms with Gasteiger partial charge in [-0.05, 0) is 56.1 Å². The van der Waals surface area contributed by atoms with E-state index in [9.17, 15) is 0 Å². The van der Waals surface area contributed by atoms with Crippen LogP contribution in [0.3, 0.4) is 0 Å². The summed E-state index contributed by atoms with van der Waals surface area (Å²) in [6, 6.07) is 6.75. The predicted molar refractivity (Wildman–Crippen MR) is 83.2 cm³/mol. The second-order valence-corrected chi connectivity index (χ2v) is 7.07. The summed E-state index contributed by atoms with van der Waals surface area (Å²) in [7, 11) is 0. The van der Waals surface area contributed by atoms with E-state index >= 15 is 0 Å². The molecule has 0 aromatic heterocycles. The summed E-state index contributed by atoms with van der Waals surface area (Å²) in [5, 5.41) is 0. The largest absolute Gasteiger partial charge is 0.321 e. The Labute approximate surface area is 118 Å². The zero-order chi connectivity index (χ0) is 14.0. The fraction of sp³-hybridized carbons (Fsp3) is 0.667. The molecule has 1 saturated carbocycles. The number of aryl methyl sites for hydroxylation is 2. The van der Waals surface area contributed by atoms with Gasteiger partial charge in [0.05, 0.1) is 0 Å². The van der Waals surface area contributed by atoms with Crippen molar-refractivity contribution in [3.05, 3.63) is 34.9 Å². The molecule has 0 saturated heterocycles. The zero-order valence-electron chi connectivity index (χ0n) is 13.0. The summed E-state index contributed by atoms with van der Waals surface area (Å²) in [6.45, 7) is 9.01. The molecular weight excluding hydrogens is 230 g/mol. The molecule has 0 spiro atoms. The summed E-state index contributed by atoms with van der Waals surface area (Å²) in [5.74, 6) is 1.59. The average Bonchev–Trinajstić information content (AvgIpc) is 2.27. The molecule has 1 aliphatic rings. The van der Waals surface area contributed by atoms with Crippen LogP contribution in [-0.4, -0.2) is 0 Å². The summed E-state index contributed by atoms with van der Waals surface area (Å²) in [5.41, 5.74) is 10.8. The van der Waals surface area contributed by atoms with Crippen molar-refractivity contribution in [2.45, 2.75) is 65.3 Å². The first-order valence-electron chi connectivity index (χ1n) is 7.77. The summed E-state index contributed by atoms with van der Waals surface area (Å²) in [6.07, 6.45) is 6.27. The third kappa shape index (κ3) is 3.39. The van der Waals surface area contributed by atoms with Gasteiger partial charge in [0, 0.05) is 5.54 Å². The van der Waals surface area contributed by atoms with Crippen LogP contribution in [0.15, 0.2) is 18.2 Å². The van der Waals surface area contributed by atoms with E-state index in [1.807, 2.05) is 0 Å². The molecule has 1 aromatic rings. The lowest BCUT2D eigenvalue weighted by Gasteiger charge is -2.40. The van der Waals surface area contributed by atoms with Gasteiger partial charge in [0.15, 0.2) is 0 Å². The molecule has 2 unspecified atom stereocenters. The Hall–Kier alpha value is -0.820. The quantitative estimate of drug-likeness (QED) is 0.837. The Morgan fingerprint density at radius 3 is 2.68 bits per heavy atom. The lowest BCUT2D eigenvalue weighted by Crippen LogP contribution is -2.42. The lowest BCUT2D eigenvalue weighted by atomic mass is 9.69. The third-order valence-electron chi connectivity index (χ3n) is 4.61. The Morgan fingerprint density at radius 1 is 1.32 bits per heavy atom. The van der Waals surface area contributed by atoms with E-state index < -0.39 is 0 Å². The van der Waals surface area contributed by atoms with Crippen LogP contribution < -0.4 is 5.73 Å². The molecular formula is C18H29N. The van der Waals surface area contributed by atoms with Crippen LogP contribution in [-0.2, 0) is 5.54 Å². The van der Waals surface area contributed by atoms with Gasteiger partial charge >= 0.3 is 0 Å². The number of hydrogen-bond acceptors (Lipinski definition) is 1. The van der Waals surface area contributed by atoms with E-state index in [2.05, 4.69) is 45.9 Å². The predicted octanol–water partition coefficient (Wildman–Crippen LogP) is 4.69. The molecule has 0 aliphatic heterocycles. The fourth-order valence-corrected chi connectivity index (χ4v) is 3.91. The molecule has 2 rings (SSSR count). The van der Waals surface area contributed by atoms with E-state index in [0.29, 0.717) is 0 Å². The minimum atomic E-state index is -0.0877. The molecule has 0 amide bonds. The molecule has 1 fully saturated rings. The van der Waals surface area contributed by atoms with Crippen molar-refractivity contribution in [2.24, 2.45) is 17.6 Å². The molecule has 1 aliphatic carbocycles. The van der Waals surface area contributed by atoms with Gasteiger partial charge in [-0.2, -0.15) is 0 Å². The van der Waals surface area contributed by atoms with Crippen LogP contribution in [0.25, 0.3) is 0 Å². The van der Waals surface area contributed by atoms with Gasteiger partial charge in [0.2, 0.25) is 0 Å². The second-order valence-electron chi connectivity index (χ2n) is 7.07. The third-order valence-corrected chi connectivity index (χ3v) is 4.61. The molecule has 2 atom stereocenters. The Balaban J connectivity index is 2.21. The Morgan fingerprint density at radius 2 is 2.05 bits per heavy atom. The van der Waals surface area contributed by atoms with Crippen LogP contribution >= 0.6 is 0 Å². The first-order valence-corrected chi connectivity index (χ1v) is 7.77. The van der Waals surface area contributed by atoms with Gasteiger partial charge in [-0.1, -0.05) is 50.5 Å². The number of nitrogens with two attached hydrogens (primary N) is 1. The molecule has 0 bridgehead atoms. The second kappa shape index (κ2) is 5.66. The van der Waals surface area contributed by atoms with Crippen LogP contribution in [0.5, 0.6) is 0 Å². The van der Waals surface area contributed by atoms with Gasteiger partial charge in [0.1, 0.15) is 0 Å². The normalized spacial score (nSPS) is 27.8. The molecule has 106 valence electrons. The molecule has 1 heteroatoms. The molecule has 2 N–H and O–H groups in total. The standard InChI is InChI=1S/C18H29N/c1-13(2)10-16-6-5-9-18(19,12-16)17-8-7-14(3)11-15(17)4/h7-8,11,13,16H,5-6,9-10,12,19H2,1-4H3. The highest BCUT2D eigenvalue weighted by molar-refractivity contribution is 5.36. The molecule has 1 nitrogen and oxygen atoms in total. The Bertz CT molecular complexity index is 435. The number of hydrogen-bond donors (Lipinski definition) is 1. The Kier molecular flexibility index (Phi) is 4.35. The van der Waals surface area contributed by atoms with E-state index in [4.69, 9.17) is 5.73 Å². The van der Waals surface area contributed by atoms with Crippen molar-refractivity contribution in [3.8, 4) is 0 Å². The van der Waals surface area contributed by atoms with Gasteiger partial charge in [-0.3, -0.25) is 0 Å². The minimum absolute atomic E-state index is 0.0877. The molecule has 1 aromatic carbocycles. The maximum atomic E-state index is 6.80. The monoisotopic (exact) mass is 259 g/mol.